The molecule has 2 N–H and O–H groups in total. The Morgan fingerprint density at radius 3 is 2.41 bits per heavy atom. The van der Waals surface area contributed by atoms with Gasteiger partial charge >= 0.3 is 0 Å². The van der Waals surface area contributed by atoms with Crippen LogP contribution in [0, 0.1) is 0 Å². The van der Waals surface area contributed by atoms with Crippen LogP contribution >= 0.6 is 0 Å². The van der Waals surface area contributed by atoms with E-state index in [2.05, 4.69) is 15.5 Å². The van der Waals surface area contributed by atoms with Crippen LogP contribution in [0.1, 0.15) is 40.2 Å². The van der Waals surface area contributed by atoms with Gasteiger partial charge in [0.25, 0.3) is 11.8 Å². The van der Waals surface area contributed by atoms with Crippen molar-refractivity contribution in [3.8, 4) is 34.3 Å². The van der Waals surface area contributed by atoms with Crippen LogP contribution in [-0.2, 0) is 10.5 Å². The van der Waals surface area contributed by atoms with Crippen LogP contribution in [0.15, 0.2) is 47.0 Å². The number of carbonyl (C=O) groups is 1. The number of alkyl halides is 1. The molecule has 1 aromatic heterocycles. The van der Waals surface area contributed by atoms with Gasteiger partial charge in [0.2, 0.25) is 5.82 Å². The molecule has 2 aromatic carbocycles. The van der Waals surface area contributed by atoms with E-state index in [-0.39, 0.29) is 25.2 Å². The minimum Gasteiger partial charge on any atom is -0.491 e. The maximum atomic E-state index is 14.8. The summed E-state index contributed by atoms with van der Waals surface area (Å²) >= 11 is 0. The lowest BCUT2D eigenvalue weighted by Gasteiger charge is -2.21. The van der Waals surface area contributed by atoms with Crippen molar-refractivity contribution >= 4 is 5.91 Å². The van der Waals surface area contributed by atoms with Crippen LogP contribution in [0.25, 0.3) is 22.8 Å². The fourth-order valence-corrected chi connectivity index (χ4v) is 3.20. The molecule has 0 saturated carbocycles. The third-order valence-electron chi connectivity index (χ3n) is 4.86. The van der Waals surface area contributed by atoms with Crippen molar-refractivity contribution in [2.75, 3.05) is 13.2 Å². The molecule has 3 rings (SSSR count). The number of nitrogens with zero attached hydrogens (tertiary/aromatic N) is 2. The van der Waals surface area contributed by atoms with Crippen molar-refractivity contribution in [3.05, 3.63) is 48.0 Å². The smallest absolute Gasteiger partial charge is 0.260 e. The Balaban J connectivity index is 1.77. The number of aliphatic hydroxyl groups is 1. The van der Waals surface area contributed by atoms with Gasteiger partial charge in [-0.25, -0.2) is 4.39 Å². The molecule has 0 radical (unpaired) electrons. The number of rotatable bonds is 10. The quantitative estimate of drug-likeness (QED) is 0.455. The molecule has 0 saturated heterocycles. The fraction of sp³-hybridized carbons (Fsp3) is 0.400. The van der Waals surface area contributed by atoms with E-state index in [4.69, 9.17) is 19.1 Å². The zero-order valence-electron chi connectivity index (χ0n) is 20.0. The molecule has 1 heterocycles. The van der Waals surface area contributed by atoms with Crippen molar-refractivity contribution in [1.82, 2.24) is 15.5 Å². The van der Waals surface area contributed by atoms with Crippen LogP contribution in [0.3, 0.4) is 0 Å². The molecule has 1 unspecified atom stereocenters. The van der Waals surface area contributed by atoms with Crippen molar-refractivity contribution in [2.24, 2.45) is 0 Å². The second kappa shape index (κ2) is 10.6. The van der Waals surface area contributed by atoms with Gasteiger partial charge in [0.1, 0.15) is 17.2 Å². The van der Waals surface area contributed by atoms with Crippen LogP contribution in [0.4, 0.5) is 4.39 Å². The predicted octanol–water partition coefficient (Wildman–Crippen LogP) is 4.27. The highest BCUT2D eigenvalue weighted by Gasteiger charge is 2.25. The summed E-state index contributed by atoms with van der Waals surface area (Å²) < 4.78 is 31.6. The van der Waals surface area contributed by atoms with Gasteiger partial charge in [-0.15, -0.1) is 0 Å². The van der Waals surface area contributed by atoms with Crippen molar-refractivity contribution in [3.63, 3.8) is 0 Å². The molecule has 0 spiro atoms. The summed E-state index contributed by atoms with van der Waals surface area (Å²) in [5.74, 6) is 1.26. The summed E-state index contributed by atoms with van der Waals surface area (Å²) in [4.78, 5) is 16.3. The topological polar surface area (TPSA) is 107 Å². The normalized spacial score (nSPS) is 12.5. The summed E-state index contributed by atoms with van der Waals surface area (Å²) in [6, 6.07) is 12.0. The van der Waals surface area contributed by atoms with Crippen LogP contribution in [0.2, 0.25) is 0 Å². The van der Waals surface area contributed by atoms with E-state index in [1.54, 1.807) is 49.4 Å². The lowest BCUT2D eigenvalue weighted by atomic mass is 9.96. The average molecular weight is 472 g/mol. The third kappa shape index (κ3) is 6.32. The highest BCUT2D eigenvalue weighted by Crippen LogP contribution is 2.36. The number of amides is 1. The second-order valence-electron chi connectivity index (χ2n) is 8.57. The Hall–Kier alpha value is -3.46. The van der Waals surface area contributed by atoms with Gasteiger partial charge in [-0.1, -0.05) is 5.16 Å². The SMILES string of the molecule is CC(C)Oc1ccc(-c2noc(-c3ccc(OC(C)C(=O)NCCO)cc3)n2)cc1C(C)(C)F. The second-order valence-corrected chi connectivity index (χ2v) is 8.57. The first-order valence-corrected chi connectivity index (χ1v) is 11.1. The van der Waals surface area contributed by atoms with Gasteiger partial charge in [0.05, 0.1) is 12.7 Å². The molecule has 34 heavy (non-hydrogen) atoms. The van der Waals surface area contributed by atoms with Crippen LogP contribution < -0.4 is 14.8 Å². The van der Waals surface area contributed by atoms with E-state index in [9.17, 15) is 9.18 Å². The zero-order chi connectivity index (χ0) is 24.9. The lowest BCUT2D eigenvalue weighted by molar-refractivity contribution is -0.127. The number of ether oxygens (including phenoxy) is 2. The van der Waals surface area contributed by atoms with E-state index < -0.39 is 11.8 Å². The Morgan fingerprint density at radius 1 is 1.12 bits per heavy atom. The van der Waals surface area contributed by atoms with Gasteiger partial charge in [-0.2, -0.15) is 4.98 Å². The maximum Gasteiger partial charge on any atom is 0.260 e. The number of aliphatic hydroxyl groups excluding tert-OH is 1. The molecule has 0 fully saturated rings. The summed E-state index contributed by atoms with van der Waals surface area (Å²) in [7, 11) is 0. The molecule has 3 aromatic rings. The van der Waals surface area contributed by atoms with Crippen molar-refractivity contribution in [2.45, 2.75) is 52.5 Å². The number of benzene rings is 2. The van der Waals surface area contributed by atoms with Crippen molar-refractivity contribution in [1.29, 1.82) is 0 Å². The molecular weight excluding hydrogens is 441 g/mol. The molecule has 0 aliphatic rings. The number of carbonyl (C=O) groups excluding carboxylic acids is 1. The Morgan fingerprint density at radius 2 is 1.79 bits per heavy atom. The molecule has 1 atom stereocenters. The largest absolute Gasteiger partial charge is 0.491 e. The van der Waals surface area contributed by atoms with E-state index in [1.807, 2.05) is 13.8 Å². The molecule has 1 amide bonds. The first kappa shape index (κ1) is 25.2. The Labute approximate surface area is 198 Å². The summed E-state index contributed by atoms with van der Waals surface area (Å²) in [5.41, 5.74) is 0.0573. The Kier molecular flexibility index (Phi) is 7.88. The van der Waals surface area contributed by atoms with Gasteiger partial charge in [0.15, 0.2) is 6.10 Å². The predicted molar refractivity (Wildman–Crippen MR) is 125 cm³/mol. The third-order valence-corrected chi connectivity index (χ3v) is 4.86. The van der Waals surface area contributed by atoms with Gasteiger partial charge < -0.3 is 24.4 Å². The molecule has 0 bridgehead atoms. The maximum absolute atomic E-state index is 14.8. The molecular formula is C25H30FN3O5. The zero-order valence-corrected chi connectivity index (χ0v) is 20.0. The fourth-order valence-electron chi connectivity index (χ4n) is 3.20. The average Bonchev–Trinajstić information content (AvgIpc) is 3.27. The van der Waals surface area contributed by atoms with E-state index >= 15 is 0 Å². The lowest BCUT2D eigenvalue weighted by Crippen LogP contribution is -2.37. The molecule has 182 valence electrons. The molecule has 0 aliphatic carbocycles. The number of nitrogens with one attached hydrogen (secondary N) is 1. The first-order chi connectivity index (χ1) is 16.1. The van der Waals surface area contributed by atoms with Gasteiger partial charge in [-0.05, 0) is 77.1 Å². The summed E-state index contributed by atoms with van der Waals surface area (Å²) in [6.45, 7) is 8.37. The van der Waals surface area contributed by atoms with Crippen LogP contribution in [-0.4, -0.2) is 46.5 Å². The number of hydrogen-bond acceptors (Lipinski definition) is 7. The first-order valence-electron chi connectivity index (χ1n) is 11.1. The van der Waals surface area contributed by atoms with E-state index in [1.165, 1.54) is 13.8 Å². The van der Waals surface area contributed by atoms with E-state index in [0.717, 1.165) is 0 Å². The standard InChI is InChI=1S/C25H30FN3O5/c1-15(2)32-21-11-8-18(14-20(21)25(4,5)26)22-28-24(34-29-22)17-6-9-19(10-7-17)33-16(3)23(31)27-12-13-30/h6-11,14-16,30H,12-13H2,1-5H3,(H,27,31). The highest BCUT2D eigenvalue weighted by molar-refractivity contribution is 5.80. The number of aromatic nitrogens is 2. The highest BCUT2D eigenvalue weighted by atomic mass is 19.1. The number of halogens is 1. The van der Waals surface area contributed by atoms with Crippen molar-refractivity contribution < 1.29 is 28.3 Å². The van der Waals surface area contributed by atoms with Crippen LogP contribution in [0.5, 0.6) is 11.5 Å². The molecule has 0 aliphatic heterocycles. The Bertz CT molecular complexity index is 1110. The number of hydrogen-bond donors (Lipinski definition) is 2. The summed E-state index contributed by atoms with van der Waals surface area (Å²) in [6.07, 6.45) is -0.808. The van der Waals surface area contributed by atoms with E-state index in [0.29, 0.717) is 39.9 Å². The van der Waals surface area contributed by atoms with Gasteiger partial charge in [0, 0.05) is 23.2 Å². The molecule has 8 nitrogen and oxygen atoms in total. The minimum absolute atomic E-state index is 0.0893. The summed E-state index contributed by atoms with van der Waals surface area (Å²) in [5, 5.41) is 15.4. The van der Waals surface area contributed by atoms with Gasteiger partial charge in [-0.3, -0.25) is 4.79 Å². The monoisotopic (exact) mass is 471 g/mol. The molecule has 9 heteroatoms. The minimum atomic E-state index is -1.62.